The SMILES string of the molecule is O=[N+]([O-])c1c(N2CC[NH+](CCO)CC2)cc(Cl)c2nonc12. The van der Waals surface area contributed by atoms with Crippen LogP contribution in [0.5, 0.6) is 0 Å². The predicted octanol–water partition coefficient (Wildman–Crippen LogP) is -0.518. The largest absolute Gasteiger partial charge is 0.391 e. The number of nitrogens with one attached hydrogen (secondary N) is 1. The highest BCUT2D eigenvalue weighted by atomic mass is 35.5. The molecule has 0 spiro atoms. The molecule has 1 aromatic carbocycles. The van der Waals surface area contributed by atoms with Crippen molar-refractivity contribution in [1.82, 2.24) is 10.3 Å². The van der Waals surface area contributed by atoms with Crippen molar-refractivity contribution < 1.29 is 19.6 Å². The summed E-state index contributed by atoms with van der Waals surface area (Å²) in [7, 11) is 0. The van der Waals surface area contributed by atoms with E-state index in [0.29, 0.717) is 25.3 Å². The minimum absolute atomic E-state index is 0.0673. The molecule has 1 aliphatic heterocycles. The van der Waals surface area contributed by atoms with E-state index in [1.165, 1.54) is 4.90 Å². The molecule has 0 aliphatic carbocycles. The van der Waals surface area contributed by atoms with Crippen LogP contribution in [0.2, 0.25) is 5.02 Å². The van der Waals surface area contributed by atoms with Crippen molar-refractivity contribution in [2.45, 2.75) is 0 Å². The molecule has 0 amide bonds. The Morgan fingerprint density at radius 1 is 1.41 bits per heavy atom. The molecule has 0 atom stereocenters. The second-order valence-electron chi connectivity index (χ2n) is 5.16. The maximum atomic E-state index is 11.4. The Bertz CT molecular complexity index is 698. The molecule has 2 heterocycles. The highest BCUT2D eigenvalue weighted by Gasteiger charge is 2.30. The Morgan fingerprint density at radius 2 is 2.09 bits per heavy atom. The van der Waals surface area contributed by atoms with Crippen LogP contribution < -0.4 is 9.80 Å². The number of quaternary nitrogens is 1. The van der Waals surface area contributed by atoms with Crippen molar-refractivity contribution in [3.8, 4) is 0 Å². The number of benzene rings is 1. The van der Waals surface area contributed by atoms with Gasteiger partial charge in [0.05, 0.1) is 42.7 Å². The number of hydrogen-bond donors (Lipinski definition) is 2. The lowest BCUT2D eigenvalue weighted by molar-refractivity contribution is -0.900. The van der Waals surface area contributed by atoms with Crippen LogP contribution in [0.15, 0.2) is 10.7 Å². The summed E-state index contributed by atoms with van der Waals surface area (Å²) in [6.45, 7) is 3.70. The number of aliphatic hydroxyl groups is 1. The molecule has 1 saturated heterocycles. The number of aliphatic hydroxyl groups excluding tert-OH is 1. The highest BCUT2D eigenvalue weighted by Crippen LogP contribution is 2.38. The number of nitro benzene ring substituents is 1. The van der Waals surface area contributed by atoms with Crippen LogP contribution in [0.3, 0.4) is 0 Å². The van der Waals surface area contributed by atoms with Crippen LogP contribution in [0.4, 0.5) is 11.4 Å². The Balaban J connectivity index is 1.97. The monoisotopic (exact) mass is 328 g/mol. The maximum absolute atomic E-state index is 11.4. The Kier molecular flexibility index (Phi) is 4.10. The molecule has 10 heteroatoms. The van der Waals surface area contributed by atoms with Gasteiger partial charge in [0.25, 0.3) is 0 Å². The summed E-state index contributed by atoms with van der Waals surface area (Å²) >= 11 is 6.13. The van der Waals surface area contributed by atoms with Gasteiger partial charge in [-0.15, -0.1) is 0 Å². The summed E-state index contributed by atoms with van der Waals surface area (Å²) in [4.78, 5) is 14.2. The molecular weight excluding hydrogens is 314 g/mol. The fraction of sp³-hybridized carbons (Fsp3) is 0.500. The number of rotatable bonds is 4. The first kappa shape index (κ1) is 14.9. The first-order valence-corrected chi connectivity index (χ1v) is 7.28. The van der Waals surface area contributed by atoms with E-state index < -0.39 is 4.92 Å². The number of hydrogen-bond acceptors (Lipinski definition) is 7. The minimum Gasteiger partial charge on any atom is -0.391 e. The van der Waals surface area contributed by atoms with Crippen LogP contribution in [0.1, 0.15) is 0 Å². The average molecular weight is 329 g/mol. The number of piperazine rings is 1. The minimum atomic E-state index is -0.481. The van der Waals surface area contributed by atoms with Crippen LogP contribution in [-0.2, 0) is 0 Å². The van der Waals surface area contributed by atoms with Crippen LogP contribution in [0.25, 0.3) is 11.0 Å². The lowest BCUT2D eigenvalue weighted by Crippen LogP contribution is -3.15. The number of nitro groups is 1. The number of fused-ring (bicyclic) bond motifs is 1. The maximum Gasteiger partial charge on any atom is 0.323 e. The molecule has 118 valence electrons. The van der Waals surface area contributed by atoms with Crippen LogP contribution >= 0.6 is 11.6 Å². The van der Waals surface area contributed by atoms with E-state index in [1.54, 1.807) is 6.07 Å². The van der Waals surface area contributed by atoms with Gasteiger partial charge in [0.15, 0.2) is 5.52 Å². The molecule has 0 radical (unpaired) electrons. The zero-order valence-corrected chi connectivity index (χ0v) is 12.4. The van der Waals surface area contributed by atoms with E-state index in [0.717, 1.165) is 13.1 Å². The van der Waals surface area contributed by atoms with Crippen molar-refractivity contribution in [3.05, 3.63) is 21.2 Å². The second-order valence-corrected chi connectivity index (χ2v) is 5.56. The Morgan fingerprint density at radius 3 is 2.73 bits per heavy atom. The molecule has 1 aliphatic rings. The third-order valence-corrected chi connectivity index (χ3v) is 4.19. The van der Waals surface area contributed by atoms with E-state index in [2.05, 4.69) is 14.9 Å². The number of nitrogens with zero attached hydrogens (tertiary/aromatic N) is 4. The van der Waals surface area contributed by atoms with Crippen molar-refractivity contribution >= 4 is 34.0 Å². The van der Waals surface area contributed by atoms with Gasteiger partial charge in [-0.25, -0.2) is 4.63 Å². The standard InChI is InChI=1S/C12H14ClN5O4/c13-8-7-9(17-3-1-16(2-4-17)5-6-19)12(18(20)21)11-10(8)14-22-15-11/h7,19H,1-6H2/p+1. The molecule has 22 heavy (non-hydrogen) atoms. The Labute approximate surface area is 130 Å². The van der Waals surface area contributed by atoms with Gasteiger partial charge >= 0.3 is 5.69 Å². The molecule has 2 aromatic rings. The van der Waals surface area contributed by atoms with Crippen LogP contribution in [0, 0.1) is 10.1 Å². The first-order chi connectivity index (χ1) is 10.6. The van der Waals surface area contributed by atoms with Gasteiger partial charge in [0.1, 0.15) is 12.2 Å². The second kappa shape index (κ2) is 6.03. The molecule has 3 rings (SSSR count). The third kappa shape index (κ3) is 2.58. The first-order valence-electron chi connectivity index (χ1n) is 6.90. The van der Waals surface area contributed by atoms with Crippen molar-refractivity contribution in [1.29, 1.82) is 0 Å². The van der Waals surface area contributed by atoms with E-state index in [-0.39, 0.29) is 28.4 Å². The summed E-state index contributed by atoms with van der Waals surface area (Å²) in [5.41, 5.74) is 0.562. The zero-order valence-electron chi connectivity index (χ0n) is 11.7. The quantitative estimate of drug-likeness (QED) is 0.574. The van der Waals surface area contributed by atoms with Gasteiger partial charge in [-0.1, -0.05) is 11.6 Å². The molecule has 0 bridgehead atoms. The fourth-order valence-electron chi connectivity index (χ4n) is 2.77. The van der Waals surface area contributed by atoms with E-state index in [9.17, 15) is 10.1 Å². The molecule has 1 fully saturated rings. The zero-order chi connectivity index (χ0) is 15.7. The average Bonchev–Trinajstić information content (AvgIpc) is 2.97. The van der Waals surface area contributed by atoms with E-state index in [1.807, 2.05) is 4.90 Å². The molecule has 0 saturated carbocycles. The Hall–Kier alpha value is -1.97. The van der Waals surface area contributed by atoms with Crippen LogP contribution in [-0.4, -0.2) is 59.7 Å². The van der Waals surface area contributed by atoms with Gasteiger partial charge in [-0.2, -0.15) is 0 Å². The van der Waals surface area contributed by atoms with Gasteiger partial charge in [-0.3, -0.25) is 10.1 Å². The number of anilines is 1. The summed E-state index contributed by atoms with van der Waals surface area (Å²) in [6.07, 6.45) is 0. The van der Waals surface area contributed by atoms with Gasteiger partial charge in [0.2, 0.25) is 5.52 Å². The fourth-order valence-corrected chi connectivity index (χ4v) is 3.00. The molecular formula is C12H15ClN5O4+. The van der Waals surface area contributed by atoms with Crippen molar-refractivity contribution in [3.63, 3.8) is 0 Å². The molecule has 0 unspecified atom stereocenters. The van der Waals surface area contributed by atoms with Gasteiger partial charge in [0, 0.05) is 0 Å². The predicted molar refractivity (Wildman–Crippen MR) is 78.3 cm³/mol. The third-order valence-electron chi connectivity index (χ3n) is 3.90. The summed E-state index contributed by atoms with van der Waals surface area (Å²) in [5, 5.41) is 27.9. The molecule has 9 nitrogen and oxygen atoms in total. The lowest BCUT2D eigenvalue weighted by Gasteiger charge is -2.33. The molecule has 1 aromatic heterocycles. The van der Waals surface area contributed by atoms with Gasteiger partial charge < -0.3 is 14.9 Å². The summed E-state index contributed by atoms with van der Waals surface area (Å²) in [5.74, 6) is 0. The number of halogens is 1. The van der Waals surface area contributed by atoms with E-state index >= 15 is 0 Å². The highest BCUT2D eigenvalue weighted by molar-refractivity contribution is 6.35. The lowest BCUT2D eigenvalue weighted by atomic mass is 10.2. The topological polar surface area (TPSA) is 110 Å². The van der Waals surface area contributed by atoms with Gasteiger partial charge in [-0.05, 0) is 16.4 Å². The smallest absolute Gasteiger partial charge is 0.323 e. The number of aromatic nitrogens is 2. The summed E-state index contributed by atoms with van der Waals surface area (Å²) < 4.78 is 4.59. The van der Waals surface area contributed by atoms with Crippen molar-refractivity contribution in [2.75, 3.05) is 44.2 Å². The van der Waals surface area contributed by atoms with E-state index in [4.69, 9.17) is 16.7 Å². The molecule has 2 N–H and O–H groups in total. The van der Waals surface area contributed by atoms with Crippen molar-refractivity contribution in [2.24, 2.45) is 0 Å². The normalized spacial score (nSPS) is 16.4. The summed E-state index contributed by atoms with van der Waals surface area (Å²) in [6, 6.07) is 1.54.